The van der Waals surface area contributed by atoms with Crippen LogP contribution in [0.1, 0.15) is 78.1 Å². The zero-order valence-corrected chi connectivity index (χ0v) is 13.7. The van der Waals surface area contributed by atoms with E-state index < -0.39 is 0 Å². The number of hydrogen-bond acceptors (Lipinski definition) is 0. The van der Waals surface area contributed by atoms with Crippen molar-refractivity contribution in [2.45, 2.75) is 78.1 Å². The highest BCUT2D eigenvalue weighted by molar-refractivity contribution is 5.00. The normalized spacial score (nSPS) is 51.5. The van der Waals surface area contributed by atoms with E-state index in [0.29, 0.717) is 0 Å². The van der Waals surface area contributed by atoms with Gasteiger partial charge in [-0.15, -0.1) is 0 Å². The number of rotatable bonds is 1. The Bertz CT molecular complexity index is 344. The van der Waals surface area contributed by atoms with E-state index in [2.05, 4.69) is 13.8 Å². The summed E-state index contributed by atoms with van der Waals surface area (Å²) in [7, 11) is 0. The van der Waals surface area contributed by atoms with Gasteiger partial charge in [0.1, 0.15) is 0 Å². The van der Waals surface area contributed by atoms with Crippen LogP contribution in [0.15, 0.2) is 0 Å². The molecule has 4 aliphatic carbocycles. The van der Waals surface area contributed by atoms with E-state index in [1.54, 1.807) is 64.2 Å². The summed E-state index contributed by atoms with van der Waals surface area (Å²) in [6.45, 7) is 4.97. The Morgan fingerprint density at radius 2 is 1.15 bits per heavy atom. The smallest absolute Gasteiger partial charge is 0.0352 e. The van der Waals surface area contributed by atoms with E-state index in [1.165, 1.54) is 0 Å². The van der Waals surface area contributed by atoms with Gasteiger partial charge in [0.15, 0.2) is 0 Å². The summed E-state index contributed by atoms with van der Waals surface area (Å²) in [6.07, 6.45) is 15.8. The zero-order chi connectivity index (χ0) is 13.7. The maximum Gasteiger partial charge on any atom is -0.0352 e. The molecule has 4 saturated carbocycles. The first kappa shape index (κ1) is 13.6. The fourth-order valence-corrected chi connectivity index (χ4v) is 7.36. The third-order valence-corrected chi connectivity index (χ3v) is 8.11. The summed E-state index contributed by atoms with van der Waals surface area (Å²) in [6, 6.07) is 0. The van der Waals surface area contributed by atoms with Gasteiger partial charge in [-0.2, -0.15) is 0 Å². The molecule has 0 nitrogen and oxygen atoms in total. The van der Waals surface area contributed by atoms with E-state index in [-0.39, 0.29) is 0 Å². The molecule has 0 amide bonds. The van der Waals surface area contributed by atoms with Crippen LogP contribution in [0.4, 0.5) is 0 Å². The summed E-state index contributed by atoms with van der Waals surface area (Å²) < 4.78 is 0. The Kier molecular flexibility index (Phi) is 3.63. The maximum atomic E-state index is 2.48. The van der Waals surface area contributed by atoms with Gasteiger partial charge < -0.3 is 0 Å². The van der Waals surface area contributed by atoms with Crippen LogP contribution in [0.5, 0.6) is 0 Å². The number of fused-ring (bicyclic) bond motifs is 5. The molecule has 0 N–H and O–H groups in total. The van der Waals surface area contributed by atoms with Gasteiger partial charge in [-0.3, -0.25) is 0 Å². The average Bonchev–Trinajstić information content (AvgIpc) is 2.91. The lowest BCUT2D eigenvalue weighted by Gasteiger charge is -2.52. The summed E-state index contributed by atoms with van der Waals surface area (Å²) in [4.78, 5) is 0. The van der Waals surface area contributed by atoms with Crippen molar-refractivity contribution < 1.29 is 0 Å². The Labute approximate surface area is 126 Å². The molecule has 0 spiro atoms. The third kappa shape index (κ3) is 2.08. The lowest BCUT2D eigenvalue weighted by molar-refractivity contribution is -0.0272. The highest BCUT2D eigenvalue weighted by atomic mass is 14.6. The van der Waals surface area contributed by atoms with Crippen LogP contribution in [-0.4, -0.2) is 0 Å². The highest BCUT2D eigenvalue weighted by Crippen LogP contribution is 2.59. The second-order valence-corrected chi connectivity index (χ2v) is 9.00. The van der Waals surface area contributed by atoms with Crippen molar-refractivity contribution in [3.05, 3.63) is 0 Å². The number of hydrogen-bond donors (Lipinski definition) is 0. The minimum Gasteiger partial charge on any atom is -0.0625 e. The topological polar surface area (TPSA) is 0 Å². The molecule has 114 valence electrons. The molecule has 0 bridgehead atoms. The summed E-state index contributed by atoms with van der Waals surface area (Å²) in [5.74, 6) is 8.88. The van der Waals surface area contributed by atoms with Crippen LogP contribution in [0.2, 0.25) is 0 Å². The summed E-state index contributed by atoms with van der Waals surface area (Å²) in [5, 5.41) is 0. The first-order valence-electron chi connectivity index (χ1n) is 9.75. The molecule has 0 aromatic rings. The molecule has 0 radical (unpaired) electrons. The molecule has 0 heteroatoms. The maximum absolute atomic E-state index is 2.48. The largest absolute Gasteiger partial charge is 0.0625 e. The van der Waals surface area contributed by atoms with E-state index in [0.717, 1.165) is 47.3 Å². The molecule has 0 heterocycles. The van der Waals surface area contributed by atoms with Crippen molar-refractivity contribution in [2.75, 3.05) is 0 Å². The third-order valence-electron chi connectivity index (χ3n) is 8.11. The lowest BCUT2D eigenvalue weighted by Crippen LogP contribution is -2.44. The van der Waals surface area contributed by atoms with E-state index in [1.807, 2.05) is 0 Å². The predicted molar refractivity (Wildman–Crippen MR) is 85.4 cm³/mol. The first-order chi connectivity index (χ1) is 9.75. The van der Waals surface area contributed by atoms with Gasteiger partial charge in [0.05, 0.1) is 0 Å². The van der Waals surface area contributed by atoms with Gasteiger partial charge in [0.25, 0.3) is 0 Å². The quantitative estimate of drug-likeness (QED) is 0.557. The minimum absolute atomic E-state index is 0.938. The standard InChI is InChI=1S/C20H34/c1-13(2)15-9-10-20-17(15)11-12-18-16-6-4-3-5-14(16)7-8-19(18)20/h13-20H,3-12H2,1-2H3/t14?,15?,16?,17?,18?,19?,20-/m1/s1. The summed E-state index contributed by atoms with van der Waals surface area (Å²) >= 11 is 0. The van der Waals surface area contributed by atoms with Gasteiger partial charge in [-0.05, 0) is 92.3 Å². The van der Waals surface area contributed by atoms with Gasteiger partial charge in [0.2, 0.25) is 0 Å². The van der Waals surface area contributed by atoms with Crippen LogP contribution < -0.4 is 0 Å². The Balaban J connectivity index is 1.52. The predicted octanol–water partition coefficient (Wildman–Crippen LogP) is 5.91. The van der Waals surface area contributed by atoms with Crippen LogP contribution in [-0.2, 0) is 0 Å². The molecular formula is C20H34. The van der Waals surface area contributed by atoms with Crippen LogP contribution in [0.25, 0.3) is 0 Å². The first-order valence-corrected chi connectivity index (χ1v) is 9.75. The lowest BCUT2D eigenvalue weighted by atomic mass is 9.53. The van der Waals surface area contributed by atoms with Gasteiger partial charge in [-0.1, -0.05) is 33.1 Å². The Morgan fingerprint density at radius 1 is 0.550 bits per heavy atom. The molecule has 6 unspecified atom stereocenters. The molecule has 20 heavy (non-hydrogen) atoms. The molecule has 0 aromatic heterocycles. The second kappa shape index (κ2) is 5.33. The van der Waals surface area contributed by atoms with Crippen molar-refractivity contribution in [1.29, 1.82) is 0 Å². The molecule has 4 fully saturated rings. The van der Waals surface area contributed by atoms with Crippen molar-refractivity contribution in [3.63, 3.8) is 0 Å². The monoisotopic (exact) mass is 274 g/mol. The molecule has 0 saturated heterocycles. The van der Waals surface area contributed by atoms with Crippen LogP contribution >= 0.6 is 0 Å². The van der Waals surface area contributed by atoms with E-state index >= 15 is 0 Å². The van der Waals surface area contributed by atoms with Gasteiger partial charge in [-0.25, -0.2) is 0 Å². The van der Waals surface area contributed by atoms with Gasteiger partial charge in [0, 0.05) is 0 Å². The van der Waals surface area contributed by atoms with E-state index in [4.69, 9.17) is 0 Å². The fourth-order valence-electron chi connectivity index (χ4n) is 7.36. The van der Waals surface area contributed by atoms with Crippen LogP contribution in [0.3, 0.4) is 0 Å². The molecule has 7 atom stereocenters. The Hall–Kier alpha value is 0. The van der Waals surface area contributed by atoms with Crippen molar-refractivity contribution in [3.8, 4) is 0 Å². The SMILES string of the molecule is CC(C)C1CC[C@@H]2C1CCC1C3CCCCC3CCC12. The van der Waals surface area contributed by atoms with Crippen molar-refractivity contribution in [2.24, 2.45) is 47.3 Å². The molecule has 4 rings (SSSR count). The molecule has 0 aliphatic heterocycles. The fraction of sp³-hybridized carbons (Fsp3) is 1.00. The van der Waals surface area contributed by atoms with Crippen molar-refractivity contribution >= 4 is 0 Å². The molecule has 4 aliphatic rings. The average molecular weight is 274 g/mol. The van der Waals surface area contributed by atoms with E-state index in [9.17, 15) is 0 Å². The van der Waals surface area contributed by atoms with Crippen molar-refractivity contribution in [1.82, 2.24) is 0 Å². The Morgan fingerprint density at radius 3 is 2.00 bits per heavy atom. The van der Waals surface area contributed by atoms with Crippen LogP contribution in [0, 0.1) is 47.3 Å². The molecule has 0 aromatic carbocycles. The second-order valence-electron chi connectivity index (χ2n) is 9.00. The zero-order valence-electron chi connectivity index (χ0n) is 13.7. The minimum atomic E-state index is 0.938. The highest BCUT2D eigenvalue weighted by Gasteiger charge is 2.51. The molecular weight excluding hydrogens is 240 g/mol. The van der Waals surface area contributed by atoms with Gasteiger partial charge >= 0.3 is 0 Å². The summed E-state index contributed by atoms with van der Waals surface area (Å²) in [5.41, 5.74) is 0.